The van der Waals surface area contributed by atoms with Gasteiger partial charge in [-0.1, -0.05) is 23.8 Å². The third kappa shape index (κ3) is 5.96. The topological polar surface area (TPSA) is 137 Å². The van der Waals surface area contributed by atoms with Gasteiger partial charge in [-0.3, -0.25) is 0 Å². The smallest absolute Gasteiger partial charge is 0.319 e. The van der Waals surface area contributed by atoms with E-state index in [0.29, 0.717) is 41.7 Å². The number of benzene rings is 2. The minimum Gasteiger partial charge on any atom is -0.370 e. The maximum Gasteiger partial charge on any atom is 0.319 e. The number of carbonyl (C=O) groups excluding carboxylic acids is 1. The number of carbonyl (C=O) groups is 1. The van der Waals surface area contributed by atoms with Gasteiger partial charge in [0.25, 0.3) is 0 Å². The second-order valence-corrected chi connectivity index (χ2v) is 9.34. The van der Waals surface area contributed by atoms with E-state index in [0.717, 1.165) is 5.56 Å². The lowest BCUT2D eigenvalue weighted by Crippen LogP contribution is -2.29. The molecule has 1 aromatic heterocycles. The highest BCUT2D eigenvalue weighted by molar-refractivity contribution is 7.89. The van der Waals surface area contributed by atoms with Crippen molar-refractivity contribution >= 4 is 39.2 Å². The van der Waals surface area contributed by atoms with E-state index in [2.05, 4.69) is 36.0 Å². The fraction of sp³-hybridized carbons (Fsp3) is 0.227. The monoisotopic (exact) mass is 467 g/mol. The van der Waals surface area contributed by atoms with E-state index in [-0.39, 0.29) is 24.0 Å². The van der Waals surface area contributed by atoms with Gasteiger partial charge in [0.1, 0.15) is 5.82 Å². The third-order valence-electron chi connectivity index (χ3n) is 4.95. The standard InChI is InChI=1S/C22H25N7O3S/c1-15-6-8-17(9-7-15)28-22(30)25-14-16-13-24-21-27-18-4-2-5-19(12-18)33(31,32)26-11-3-10-23-20(16)29-21/h2,4-9,12-13,26H,3,10-11,14H2,1H3,(H2,25,28,30)(H2,23,24,27,29). The summed E-state index contributed by atoms with van der Waals surface area (Å²) >= 11 is 0. The first-order chi connectivity index (χ1) is 15.9. The highest BCUT2D eigenvalue weighted by atomic mass is 32.2. The Labute approximate surface area is 192 Å². The fourth-order valence-corrected chi connectivity index (χ4v) is 4.31. The van der Waals surface area contributed by atoms with E-state index >= 15 is 0 Å². The van der Waals surface area contributed by atoms with Crippen molar-refractivity contribution in [3.05, 3.63) is 65.9 Å². The number of sulfonamides is 1. The van der Waals surface area contributed by atoms with Crippen molar-refractivity contribution in [1.82, 2.24) is 20.0 Å². The van der Waals surface area contributed by atoms with Crippen LogP contribution in [0.3, 0.4) is 0 Å². The van der Waals surface area contributed by atoms with Gasteiger partial charge in [0.05, 0.1) is 4.90 Å². The third-order valence-corrected chi connectivity index (χ3v) is 6.41. The Kier molecular flexibility index (Phi) is 6.71. The van der Waals surface area contributed by atoms with Crippen molar-refractivity contribution in [3.63, 3.8) is 0 Å². The van der Waals surface area contributed by atoms with Crippen LogP contribution in [0.5, 0.6) is 0 Å². The Balaban J connectivity index is 1.49. The van der Waals surface area contributed by atoms with Gasteiger partial charge in [0, 0.05) is 42.8 Å². The maximum absolute atomic E-state index is 12.5. The number of aryl methyl sites for hydroxylation is 1. The van der Waals surface area contributed by atoms with Crippen LogP contribution in [0, 0.1) is 6.92 Å². The van der Waals surface area contributed by atoms with Gasteiger partial charge in [-0.05, 0) is 43.7 Å². The van der Waals surface area contributed by atoms with Gasteiger partial charge in [0.2, 0.25) is 16.0 Å². The Bertz CT molecular complexity index is 1250. The molecule has 11 heteroatoms. The average molecular weight is 468 g/mol. The van der Waals surface area contributed by atoms with Crippen molar-refractivity contribution in [2.75, 3.05) is 29.0 Å². The minimum absolute atomic E-state index is 0.167. The summed E-state index contributed by atoms with van der Waals surface area (Å²) in [6, 6.07) is 13.6. The summed E-state index contributed by atoms with van der Waals surface area (Å²) in [5.41, 5.74) is 3.05. The van der Waals surface area contributed by atoms with E-state index in [1.165, 1.54) is 12.1 Å². The van der Waals surface area contributed by atoms with Gasteiger partial charge in [-0.25, -0.2) is 22.9 Å². The molecule has 0 spiro atoms. The summed E-state index contributed by atoms with van der Waals surface area (Å²) in [5.74, 6) is 0.869. The van der Waals surface area contributed by atoms with Gasteiger partial charge in [-0.2, -0.15) is 4.98 Å². The number of rotatable bonds is 3. The van der Waals surface area contributed by atoms with Crippen LogP contribution in [0.1, 0.15) is 17.5 Å². The molecule has 4 rings (SSSR count). The Morgan fingerprint density at radius 1 is 1.12 bits per heavy atom. The molecule has 1 aliphatic heterocycles. The molecule has 2 amide bonds. The van der Waals surface area contributed by atoms with Crippen LogP contribution in [0.25, 0.3) is 0 Å². The van der Waals surface area contributed by atoms with Crippen LogP contribution >= 0.6 is 0 Å². The summed E-state index contributed by atoms with van der Waals surface area (Å²) in [5, 5.41) is 11.8. The molecule has 5 N–H and O–H groups in total. The van der Waals surface area contributed by atoms with E-state index in [1.807, 2.05) is 31.2 Å². The first kappa shape index (κ1) is 22.5. The van der Waals surface area contributed by atoms with Crippen LogP contribution in [-0.4, -0.2) is 37.5 Å². The molecule has 0 saturated carbocycles. The molecular weight excluding hydrogens is 442 g/mol. The zero-order valence-electron chi connectivity index (χ0n) is 18.1. The summed E-state index contributed by atoms with van der Waals surface area (Å²) < 4.78 is 27.5. The average Bonchev–Trinajstić information content (AvgIpc) is 2.80. The van der Waals surface area contributed by atoms with Gasteiger partial charge in [-0.15, -0.1) is 0 Å². The fourth-order valence-electron chi connectivity index (χ4n) is 3.19. The zero-order chi connectivity index (χ0) is 23.3. The first-order valence-electron chi connectivity index (χ1n) is 10.5. The normalized spacial score (nSPS) is 14.9. The summed E-state index contributed by atoms with van der Waals surface area (Å²) in [7, 11) is -3.60. The quantitative estimate of drug-likeness (QED) is 0.399. The molecule has 0 saturated heterocycles. The predicted molar refractivity (Wildman–Crippen MR) is 127 cm³/mol. The van der Waals surface area contributed by atoms with Crippen LogP contribution < -0.4 is 26.0 Å². The lowest BCUT2D eigenvalue weighted by molar-refractivity contribution is 0.251. The van der Waals surface area contributed by atoms with Crippen LogP contribution in [0.2, 0.25) is 0 Å². The molecule has 0 fully saturated rings. The molecular formula is C22H25N7O3S. The largest absolute Gasteiger partial charge is 0.370 e. The predicted octanol–water partition coefficient (Wildman–Crippen LogP) is 2.94. The summed E-state index contributed by atoms with van der Waals surface area (Å²) in [4.78, 5) is 21.3. The van der Waals surface area contributed by atoms with Crippen LogP contribution in [-0.2, 0) is 16.6 Å². The number of amides is 2. The number of fused-ring (bicyclic) bond motifs is 4. The molecule has 0 aliphatic carbocycles. The molecule has 10 nitrogen and oxygen atoms in total. The second-order valence-electron chi connectivity index (χ2n) is 7.57. The molecule has 1 aliphatic rings. The van der Waals surface area contributed by atoms with E-state index in [4.69, 9.17) is 0 Å². The van der Waals surface area contributed by atoms with E-state index < -0.39 is 10.0 Å². The Morgan fingerprint density at radius 3 is 2.76 bits per heavy atom. The van der Waals surface area contributed by atoms with Crippen LogP contribution in [0.15, 0.2) is 59.6 Å². The lowest BCUT2D eigenvalue weighted by Gasteiger charge is -2.14. The SMILES string of the molecule is Cc1ccc(NC(=O)NCc2cnc3nc2NCCCNS(=O)(=O)c2cccc(c2)N3)cc1. The van der Waals surface area contributed by atoms with Gasteiger partial charge >= 0.3 is 6.03 Å². The van der Waals surface area contributed by atoms with Crippen LogP contribution in [0.4, 0.5) is 27.9 Å². The van der Waals surface area contributed by atoms with Crippen molar-refractivity contribution in [2.24, 2.45) is 0 Å². The van der Waals surface area contributed by atoms with Crippen molar-refractivity contribution in [2.45, 2.75) is 24.8 Å². The second kappa shape index (κ2) is 9.84. The molecule has 4 bridgehead atoms. The number of nitrogens with zero attached hydrogens (tertiary/aromatic N) is 2. The molecule has 33 heavy (non-hydrogen) atoms. The Hall–Kier alpha value is -3.70. The summed E-state index contributed by atoms with van der Waals surface area (Å²) in [6.07, 6.45) is 2.18. The maximum atomic E-state index is 12.5. The zero-order valence-corrected chi connectivity index (χ0v) is 18.9. The van der Waals surface area contributed by atoms with E-state index in [9.17, 15) is 13.2 Å². The first-order valence-corrected chi connectivity index (χ1v) is 12.0. The van der Waals surface area contributed by atoms with Crippen molar-refractivity contribution in [3.8, 4) is 0 Å². The number of nitrogens with one attached hydrogen (secondary N) is 5. The number of aromatic nitrogens is 2. The molecule has 172 valence electrons. The highest BCUT2D eigenvalue weighted by Crippen LogP contribution is 2.21. The molecule has 2 aromatic carbocycles. The number of anilines is 4. The lowest BCUT2D eigenvalue weighted by atomic mass is 10.2. The van der Waals surface area contributed by atoms with E-state index in [1.54, 1.807) is 18.3 Å². The molecule has 3 aromatic rings. The van der Waals surface area contributed by atoms with Crippen molar-refractivity contribution < 1.29 is 13.2 Å². The number of urea groups is 1. The van der Waals surface area contributed by atoms with Gasteiger partial charge in [0.15, 0.2) is 0 Å². The number of hydrogen-bond acceptors (Lipinski definition) is 7. The Morgan fingerprint density at radius 2 is 1.94 bits per heavy atom. The van der Waals surface area contributed by atoms with Crippen molar-refractivity contribution in [1.29, 1.82) is 0 Å². The number of hydrogen-bond donors (Lipinski definition) is 5. The minimum atomic E-state index is -3.60. The molecule has 0 radical (unpaired) electrons. The molecule has 0 unspecified atom stereocenters. The summed E-state index contributed by atoms with van der Waals surface area (Å²) in [6.45, 7) is 2.95. The molecule has 0 atom stereocenters. The molecule has 2 heterocycles. The van der Waals surface area contributed by atoms with Gasteiger partial charge < -0.3 is 21.3 Å². The highest BCUT2D eigenvalue weighted by Gasteiger charge is 2.16.